The number of rotatable bonds is 6. The molecular formula is C17H22N4O2S. The highest BCUT2D eigenvalue weighted by Crippen LogP contribution is 2.23. The fourth-order valence-corrected chi connectivity index (χ4v) is 4.02. The Labute approximate surface area is 145 Å². The first-order valence-electron chi connectivity index (χ1n) is 8.26. The monoisotopic (exact) mass is 346 g/mol. The molecule has 0 radical (unpaired) electrons. The summed E-state index contributed by atoms with van der Waals surface area (Å²) in [6.07, 6.45) is 5.83. The van der Waals surface area contributed by atoms with Crippen molar-refractivity contribution in [1.82, 2.24) is 20.2 Å². The molecule has 3 rings (SSSR count). The van der Waals surface area contributed by atoms with Crippen LogP contribution in [-0.2, 0) is 16.0 Å². The van der Waals surface area contributed by atoms with Crippen LogP contribution in [0, 0.1) is 0 Å². The Balaban J connectivity index is 1.66. The number of pyridine rings is 1. The molecule has 1 aliphatic rings. The van der Waals surface area contributed by atoms with Crippen molar-refractivity contribution in [2.24, 2.45) is 0 Å². The summed E-state index contributed by atoms with van der Waals surface area (Å²) >= 11 is 1.63. The Kier molecular flexibility index (Phi) is 5.40. The first-order chi connectivity index (χ1) is 11.7. The lowest BCUT2D eigenvalue weighted by Gasteiger charge is -2.23. The van der Waals surface area contributed by atoms with Crippen molar-refractivity contribution in [2.75, 3.05) is 18.2 Å². The van der Waals surface area contributed by atoms with E-state index in [2.05, 4.69) is 22.2 Å². The molecule has 2 N–H and O–H groups in total. The Morgan fingerprint density at radius 3 is 3.21 bits per heavy atom. The number of hydrogen-bond acceptors (Lipinski definition) is 4. The van der Waals surface area contributed by atoms with Crippen LogP contribution in [0.25, 0.3) is 11.0 Å². The van der Waals surface area contributed by atoms with Crippen LogP contribution in [0.2, 0.25) is 0 Å². The van der Waals surface area contributed by atoms with E-state index in [4.69, 9.17) is 0 Å². The SMILES string of the molecule is CCCCNC(=O)[C@H]1CSCN1C(=O)Cc1c[nH]c2ncccc12. The molecule has 1 atom stereocenters. The maximum atomic E-state index is 12.7. The van der Waals surface area contributed by atoms with Crippen molar-refractivity contribution in [3.63, 3.8) is 0 Å². The van der Waals surface area contributed by atoms with Crippen molar-refractivity contribution in [3.8, 4) is 0 Å². The molecule has 3 heterocycles. The number of aromatic amines is 1. The van der Waals surface area contributed by atoms with E-state index in [9.17, 15) is 9.59 Å². The van der Waals surface area contributed by atoms with E-state index in [1.807, 2.05) is 18.3 Å². The fraction of sp³-hybridized carbons (Fsp3) is 0.471. The lowest BCUT2D eigenvalue weighted by Crippen LogP contribution is -2.47. The van der Waals surface area contributed by atoms with Gasteiger partial charge < -0.3 is 15.2 Å². The number of fused-ring (bicyclic) bond motifs is 1. The number of hydrogen-bond donors (Lipinski definition) is 2. The highest BCUT2D eigenvalue weighted by atomic mass is 32.2. The first-order valence-corrected chi connectivity index (χ1v) is 9.42. The highest BCUT2D eigenvalue weighted by Gasteiger charge is 2.34. The largest absolute Gasteiger partial charge is 0.354 e. The summed E-state index contributed by atoms with van der Waals surface area (Å²) in [5.41, 5.74) is 1.70. The Bertz CT molecular complexity index is 730. The minimum absolute atomic E-state index is 0.0135. The summed E-state index contributed by atoms with van der Waals surface area (Å²) in [5, 5.41) is 3.90. The van der Waals surface area contributed by atoms with E-state index in [-0.39, 0.29) is 24.3 Å². The van der Waals surface area contributed by atoms with Crippen LogP contribution < -0.4 is 5.32 Å². The molecule has 1 fully saturated rings. The molecule has 1 aliphatic heterocycles. The second kappa shape index (κ2) is 7.70. The van der Waals surface area contributed by atoms with Gasteiger partial charge in [0.05, 0.1) is 12.3 Å². The maximum Gasteiger partial charge on any atom is 0.243 e. The molecule has 0 bridgehead atoms. The standard InChI is InChI=1S/C17H22N4O2S/c1-2-3-6-19-17(23)14-10-24-11-21(14)15(22)8-12-9-20-16-13(12)5-4-7-18-16/h4-5,7,9,14H,2-3,6,8,10-11H2,1H3,(H,18,20)(H,19,23)/t14-/m1/s1. The van der Waals surface area contributed by atoms with E-state index in [0.29, 0.717) is 18.2 Å². The molecule has 24 heavy (non-hydrogen) atoms. The second-order valence-corrected chi connectivity index (χ2v) is 6.91. The molecule has 2 aromatic heterocycles. The van der Waals surface area contributed by atoms with Crippen LogP contribution >= 0.6 is 11.8 Å². The van der Waals surface area contributed by atoms with Crippen molar-refractivity contribution >= 4 is 34.6 Å². The van der Waals surface area contributed by atoms with Crippen LogP contribution in [0.4, 0.5) is 0 Å². The number of carbonyl (C=O) groups is 2. The molecule has 0 aliphatic carbocycles. The molecule has 0 unspecified atom stereocenters. The fourth-order valence-electron chi connectivity index (χ4n) is 2.84. The summed E-state index contributed by atoms with van der Waals surface area (Å²) in [5.74, 6) is 1.19. The van der Waals surface area contributed by atoms with Crippen LogP contribution in [0.5, 0.6) is 0 Å². The van der Waals surface area contributed by atoms with Gasteiger partial charge in [0.1, 0.15) is 11.7 Å². The van der Waals surface area contributed by atoms with Crippen molar-refractivity contribution in [3.05, 3.63) is 30.1 Å². The molecule has 2 amide bonds. The lowest BCUT2D eigenvalue weighted by molar-refractivity contribution is -0.137. The van der Waals surface area contributed by atoms with Crippen molar-refractivity contribution < 1.29 is 9.59 Å². The zero-order valence-electron chi connectivity index (χ0n) is 13.7. The van der Waals surface area contributed by atoms with E-state index in [1.54, 1.807) is 22.9 Å². The van der Waals surface area contributed by atoms with Gasteiger partial charge in [-0.2, -0.15) is 0 Å². The number of unbranched alkanes of at least 4 members (excludes halogenated alkanes) is 1. The van der Waals surface area contributed by atoms with Gasteiger partial charge in [0.25, 0.3) is 0 Å². The van der Waals surface area contributed by atoms with Crippen LogP contribution in [0.3, 0.4) is 0 Å². The van der Waals surface area contributed by atoms with Gasteiger partial charge in [-0.15, -0.1) is 11.8 Å². The summed E-state index contributed by atoms with van der Waals surface area (Å²) in [6, 6.07) is 3.46. The number of aromatic nitrogens is 2. The van der Waals surface area contributed by atoms with Gasteiger partial charge in [0.2, 0.25) is 11.8 Å². The van der Waals surface area contributed by atoms with Crippen molar-refractivity contribution in [1.29, 1.82) is 0 Å². The molecule has 2 aromatic rings. The van der Waals surface area contributed by atoms with E-state index in [1.165, 1.54) is 0 Å². The minimum Gasteiger partial charge on any atom is -0.354 e. The van der Waals surface area contributed by atoms with Crippen LogP contribution in [0.1, 0.15) is 25.3 Å². The molecule has 0 aromatic carbocycles. The maximum absolute atomic E-state index is 12.7. The quantitative estimate of drug-likeness (QED) is 0.784. The molecule has 0 spiro atoms. The number of H-pyrrole nitrogens is 1. The molecule has 1 saturated heterocycles. The van der Waals surface area contributed by atoms with E-state index < -0.39 is 0 Å². The van der Waals surface area contributed by atoms with Crippen LogP contribution in [0.15, 0.2) is 24.5 Å². The predicted molar refractivity (Wildman–Crippen MR) is 95.7 cm³/mol. The third-order valence-electron chi connectivity index (χ3n) is 4.21. The number of thioether (sulfide) groups is 1. The van der Waals surface area contributed by atoms with Gasteiger partial charge in [-0.3, -0.25) is 9.59 Å². The summed E-state index contributed by atoms with van der Waals surface area (Å²) < 4.78 is 0. The Morgan fingerprint density at radius 1 is 1.50 bits per heavy atom. The number of nitrogens with one attached hydrogen (secondary N) is 2. The zero-order chi connectivity index (χ0) is 16.9. The predicted octanol–water partition coefficient (Wildman–Crippen LogP) is 1.92. The molecule has 7 heteroatoms. The third kappa shape index (κ3) is 3.56. The van der Waals surface area contributed by atoms with Gasteiger partial charge in [-0.25, -0.2) is 4.98 Å². The molecule has 6 nitrogen and oxygen atoms in total. The molecule has 0 saturated carbocycles. The molecule has 128 valence electrons. The number of nitrogens with zero attached hydrogens (tertiary/aromatic N) is 2. The number of carbonyl (C=O) groups excluding carboxylic acids is 2. The normalized spacial score (nSPS) is 17.4. The van der Waals surface area contributed by atoms with Crippen molar-refractivity contribution in [2.45, 2.75) is 32.2 Å². The first kappa shape index (κ1) is 16.8. The summed E-state index contributed by atoms with van der Waals surface area (Å²) in [4.78, 5) is 34.0. The lowest BCUT2D eigenvalue weighted by atomic mass is 10.1. The van der Waals surface area contributed by atoms with E-state index in [0.717, 1.165) is 29.4 Å². The Morgan fingerprint density at radius 2 is 2.38 bits per heavy atom. The zero-order valence-corrected chi connectivity index (χ0v) is 14.6. The summed E-state index contributed by atoms with van der Waals surface area (Å²) in [7, 11) is 0. The third-order valence-corrected chi connectivity index (χ3v) is 5.23. The average Bonchev–Trinajstić information content (AvgIpc) is 3.22. The van der Waals surface area contributed by atoms with Gasteiger partial charge in [-0.05, 0) is 24.1 Å². The topological polar surface area (TPSA) is 78.1 Å². The minimum atomic E-state index is -0.359. The van der Waals surface area contributed by atoms with Gasteiger partial charge in [-0.1, -0.05) is 13.3 Å². The van der Waals surface area contributed by atoms with Gasteiger partial charge in [0.15, 0.2) is 0 Å². The molecular weight excluding hydrogens is 324 g/mol. The highest BCUT2D eigenvalue weighted by molar-refractivity contribution is 7.99. The summed E-state index contributed by atoms with van der Waals surface area (Å²) in [6.45, 7) is 2.76. The van der Waals surface area contributed by atoms with E-state index >= 15 is 0 Å². The number of amides is 2. The van der Waals surface area contributed by atoms with Crippen LogP contribution in [-0.4, -0.2) is 50.9 Å². The Hall–Kier alpha value is -2.02. The average molecular weight is 346 g/mol. The van der Waals surface area contributed by atoms with Gasteiger partial charge in [0, 0.05) is 30.1 Å². The van der Waals surface area contributed by atoms with Gasteiger partial charge >= 0.3 is 0 Å². The smallest absolute Gasteiger partial charge is 0.243 e. The second-order valence-electron chi connectivity index (χ2n) is 5.91.